The minimum Gasteiger partial charge on any atom is -0.355 e. The molecule has 6 nitrogen and oxygen atoms in total. The highest BCUT2D eigenvalue weighted by atomic mass is 16.2. The summed E-state index contributed by atoms with van der Waals surface area (Å²) in [6.07, 6.45) is 0.346. The van der Waals surface area contributed by atoms with E-state index in [1.165, 1.54) is 0 Å². The lowest BCUT2D eigenvalue weighted by atomic mass is 10.2. The molecule has 2 N–H and O–H groups in total. The lowest BCUT2D eigenvalue weighted by Gasteiger charge is -2.07. The fraction of sp³-hybridized carbons (Fsp3) is 0.312. The maximum atomic E-state index is 11.9. The first-order valence-electron chi connectivity index (χ1n) is 7.12. The Morgan fingerprint density at radius 1 is 1.18 bits per heavy atom. The van der Waals surface area contributed by atoms with Crippen LogP contribution in [0.3, 0.4) is 0 Å². The van der Waals surface area contributed by atoms with Gasteiger partial charge >= 0.3 is 0 Å². The molecular formula is C16H20N4O2. The van der Waals surface area contributed by atoms with Gasteiger partial charge in [-0.3, -0.25) is 14.3 Å². The van der Waals surface area contributed by atoms with E-state index in [0.29, 0.717) is 24.2 Å². The van der Waals surface area contributed by atoms with Gasteiger partial charge in [-0.25, -0.2) is 0 Å². The number of benzene rings is 1. The van der Waals surface area contributed by atoms with Crippen molar-refractivity contribution in [3.63, 3.8) is 0 Å². The van der Waals surface area contributed by atoms with Crippen molar-refractivity contribution < 1.29 is 9.59 Å². The molecule has 0 spiro atoms. The van der Waals surface area contributed by atoms with E-state index < -0.39 is 0 Å². The molecular weight excluding hydrogens is 280 g/mol. The molecule has 1 heterocycles. The van der Waals surface area contributed by atoms with Crippen LogP contribution in [-0.2, 0) is 11.3 Å². The van der Waals surface area contributed by atoms with E-state index in [1.807, 2.05) is 24.6 Å². The molecule has 6 heteroatoms. The number of amides is 2. The second-order valence-corrected chi connectivity index (χ2v) is 5.10. The highest BCUT2D eigenvalue weighted by molar-refractivity contribution is 5.95. The molecule has 0 radical (unpaired) electrons. The number of aromatic nitrogens is 2. The molecule has 0 saturated carbocycles. The van der Waals surface area contributed by atoms with Gasteiger partial charge in [-0.05, 0) is 44.2 Å². The standard InChI is InChI=1S/C16H20N4O2/c1-11-10-12(2)20(19-11)9-8-15(21)18-14-6-4-13(5-7-14)16(22)17-3/h4-7,10H,8-9H2,1-3H3,(H,17,22)(H,18,21). The maximum absolute atomic E-state index is 11.9. The predicted octanol–water partition coefficient (Wildman–Crippen LogP) is 1.89. The quantitative estimate of drug-likeness (QED) is 0.885. The van der Waals surface area contributed by atoms with E-state index in [2.05, 4.69) is 15.7 Å². The molecule has 0 aliphatic carbocycles. The van der Waals surface area contributed by atoms with Gasteiger partial charge in [0.25, 0.3) is 5.91 Å². The molecule has 2 amide bonds. The number of nitrogens with one attached hydrogen (secondary N) is 2. The summed E-state index contributed by atoms with van der Waals surface area (Å²) >= 11 is 0. The minimum absolute atomic E-state index is 0.0831. The molecule has 22 heavy (non-hydrogen) atoms. The van der Waals surface area contributed by atoms with E-state index in [9.17, 15) is 9.59 Å². The number of carbonyl (C=O) groups excluding carboxylic acids is 2. The molecule has 0 saturated heterocycles. The van der Waals surface area contributed by atoms with Gasteiger partial charge in [0, 0.05) is 37.0 Å². The minimum atomic E-state index is -0.151. The number of rotatable bonds is 5. The zero-order valence-electron chi connectivity index (χ0n) is 13.0. The van der Waals surface area contributed by atoms with Crippen molar-refractivity contribution in [2.45, 2.75) is 26.8 Å². The Hall–Kier alpha value is -2.63. The van der Waals surface area contributed by atoms with Crippen LogP contribution in [0.1, 0.15) is 28.2 Å². The first kappa shape index (κ1) is 15.8. The van der Waals surface area contributed by atoms with Gasteiger partial charge in [0.15, 0.2) is 0 Å². The topological polar surface area (TPSA) is 76.0 Å². The van der Waals surface area contributed by atoms with Gasteiger partial charge in [0.1, 0.15) is 0 Å². The summed E-state index contributed by atoms with van der Waals surface area (Å²) in [6.45, 7) is 4.44. The maximum Gasteiger partial charge on any atom is 0.251 e. The van der Waals surface area contributed by atoms with E-state index in [1.54, 1.807) is 31.3 Å². The van der Waals surface area contributed by atoms with Crippen LogP contribution in [0.15, 0.2) is 30.3 Å². The monoisotopic (exact) mass is 300 g/mol. The third-order valence-electron chi connectivity index (χ3n) is 3.31. The molecule has 116 valence electrons. The van der Waals surface area contributed by atoms with E-state index >= 15 is 0 Å². The van der Waals surface area contributed by atoms with E-state index in [-0.39, 0.29) is 11.8 Å². The molecule has 2 rings (SSSR count). The van der Waals surface area contributed by atoms with Crippen molar-refractivity contribution in [2.24, 2.45) is 0 Å². The van der Waals surface area contributed by atoms with Gasteiger partial charge in [-0.15, -0.1) is 0 Å². The third-order valence-corrected chi connectivity index (χ3v) is 3.31. The van der Waals surface area contributed by atoms with Crippen LogP contribution in [0.5, 0.6) is 0 Å². The number of anilines is 1. The third kappa shape index (κ3) is 3.94. The number of aryl methyl sites for hydroxylation is 3. The highest BCUT2D eigenvalue weighted by Crippen LogP contribution is 2.10. The number of carbonyl (C=O) groups is 2. The zero-order chi connectivity index (χ0) is 16.1. The molecule has 0 fully saturated rings. The van der Waals surface area contributed by atoms with Gasteiger partial charge < -0.3 is 10.6 Å². The zero-order valence-corrected chi connectivity index (χ0v) is 13.0. The second-order valence-electron chi connectivity index (χ2n) is 5.10. The van der Waals surface area contributed by atoms with Gasteiger partial charge in [0.05, 0.1) is 5.69 Å². The molecule has 2 aromatic rings. The lowest BCUT2D eigenvalue weighted by molar-refractivity contribution is -0.116. The van der Waals surface area contributed by atoms with Crippen molar-refractivity contribution in [3.8, 4) is 0 Å². The summed E-state index contributed by atoms with van der Waals surface area (Å²) in [7, 11) is 1.58. The van der Waals surface area contributed by atoms with Crippen LogP contribution in [-0.4, -0.2) is 28.6 Å². The molecule has 0 aliphatic rings. The van der Waals surface area contributed by atoms with Crippen molar-refractivity contribution in [2.75, 3.05) is 12.4 Å². The normalized spacial score (nSPS) is 10.3. The number of hydrogen-bond acceptors (Lipinski definition) is 3. The Labute approximate surface area is 129 Å². The largest absolute Gasteiger partial charge is 0.355 e. The Kier molecular flexibility index (Phi) is 4.93. The van der Waals surface area contributed by atoms with Crippen LogP contribution < -0.4 is 10.6 Å². The summed E-state index contributed by atoms with van der Waals surface area (Å²) in [5.41, 5.74) is 3.22. The summed E-state index contributed by atoms with van der Waals surface area (Å²) < 4.78 is 1.82. The fourth-order valence-corrected chi connectivity index (χ4v) is 2.18. The van der Waals surface area contributed by atoms with Crippen LogP contribution in [0.2, 0.25) is 0 Å². The lowest BCUT2D eigenvalue weighted by Crippen LogP contribution is -2.18. The number of hydrogen-bond donors (Lipinski definition) is 2. The number of nitrogens with zero attached hydrogens (tertiary/aromatic N) is 2. The van der Waals surface area contributed by atoms with Crippen molar-refractivity contribution in [1.29, 1.82) is 0 Å². The summed E-state index contributed by atoms with van der Waals surface area (Å²) in [5, 5.41) is 9.68. The molecule has 0 unspecified atom stereocenters. The molecule has 1 aromatic carbocycles. The average molecular weight is 300 g/mol. The Bertz CT molecular complexity index is 674. The van der Waals surface area contributed by atoms with Crippen molar-refractivity contribution >= 4 is 17.5 Å². The second kappa shape index (κ2) is 6.89. The van der Waals surface area contributed by atoms with Crippen molar-refractivity contribution in [3.05, 3.63) is 47.3 Å². The first-order valence-corrected chi connectivity index (χ1v) is 7.12. The van der Waals surface area contributed by atoms with Gasteiger partial charge in [0.2, 0.25) is 5.91 Å². The van der Waals surface area contributed by atoms with E-state index in [0.717, 1.165) is 11.4 Å². The predicted molar refractivity (Wildman–Crippen MR) is 84.8 cm³/mol. The van der Waals surface area contributed by atoms with E-state index in [4.69, 9.17) is 0 Å². The molecule has 1 aromatic heterocycles. The summed E-state index contributed by atoms with van der Waals surface area (Å²) in [6, 6.07) is 8.76. The Morgan fingerprint density at radius 3 is 2.41 bits per heavy atom. The average Bonchev–Trinajstić information content (AvgIpc) is 2.83. The molecule has 0 atom stereocenters. The summed E-state index contributed by atoms with van der Waals surface area (Å²) in [5.74, 6) is -0.234. The van der Waals surface area contributed by atoms with Crippen LogP contribution in [0, 0.1) is 13.8 Å². The smallest absolute Gasteiger partial charge is 0.251 e. The molecule has 0 aliphatic heterocycles. The van der Waals surface area contributed by atoms with Crippen LogP contribution in [0.25, 0.3) is 0 Å². The van der Waals surface area contributed by atoms with Gasteiger partial charge in [-0.1, -0.05) is 0 Å². The Morgan fingerprint density at radius 2 is 1.86 bits per heavy atom. The van der Waals surface area contributed by atoms with Gasteiger partial charge in [-0.2, -0.15) is 5.10 Å². The highest BCUT2D eigenvalue weighted by Gasteiger charge is 2.07. The first-order chi connectivity index (χ1) is 10.5. The Balaban J connectivity index is 1.89. The molecule has 0 bridgehead atoms. The van der Waals surface area contributed by atoms with Crippen molar-refractivity contribution in [1.82, 2.24) is 15.1 Å². The summed E-state index contributed by atoms with van der Waals surface area (Å²) in [4.78, 5) is 23.4. The fourth-order valence-electron chi connectivity index (χ4n) is 2.18. The van der Waals surface area contributed by atoms with Crippen LogP contribution >= 0.6 is 0 Å². The SMILES string of the molecule is CNC(=O)c1ccc(NC(=O)CCn2nc(C)cc2C)cc1. The van der Waals surface area contributed by atoms with Crippen LogP contribution in [0.4, 0.5) is 5.69 Å².